The van der Waals surface area contributed by atoms with Gasteiger partial charge in [0.05, 0.1) is 26.1 Å². The van der Waals surface area contributed by atoms with Crippen molar-refractivity contribution in [1.29, 1.82) is 0 Å². The number of ether oxygens (including phenoxy) is 4. The first-order valence-electron chi connectivity index (χ1n) is 12.4. The van der Waals surface area contributed by atoms with E-state index in [1.807, 2.05) is 60.7 Å². The largest absolute Gasteiger partial charge is 0.497 e. The van der Waals surface area contributed by atoms with Gasteiger partial charge in [0, 0.05) is 11.8 Å². The van der Waals surface area contributed by atoms with Gasteiger partial charge in [-0.15, -0.1) is 0 Å². The summed E-state index contributed by atoms with van der Waals surface area (Å²) in [6.07, 6.45) is 0. The van der Waals surface area contributed by atoms with Crippen LogP contribution in [-0.2, 0) is 9.59 Å². The normalized spacial score (nSPS) is 20.1. The quantitative estimate of drug-likeness (QED) is 0.214. The van der Waals surface area contributed by atoms with Crippen LogP contribution in [0.3, 0.4) is 0 Å². The lowest BCUT2D eigenvalue weighted by Crippen LogP contribution is -2.53. The second-order valence-corrected chi connectivity index (χ2v) is 9.12. The fraction of sp³-hybridized carbons (Fsp3) is 0.188. The van der Waals surface area contributed by atoms with Crippen molar-refractivity contribution < 1.29 is 28.5 Å². The third kappa shape index (κ3) is 5.11. The Hall–Kier alpha value is -4.58. The first kappa shape index (κ1) is 25.1. The molecule has 192 valence electrons. The highest BCUT2D eigenvalue weighted by Gasteiger charge is 2.60. The van der Waals surface area contributed by atoms with Gasteiger partial charge in [0.2, 0.25) is 0 Å². The molecular weight excluding hydrogens is 480 g/mol. The molecule has 0 spiro atoms. The molecule has 4 aromatic rings. The van der Waals surface area contributed by atoms with E-state index in [4.69, 9.17) is 18.9 Å². The number of esters is 2. The van der Waals surface area contributed by atoms with Crippen LogP contribution in [-0.4, -0.2) is 26.2 Å². The van der Waals surface area contributed by atoms with Crippen molar-refractivity contribution in [3.63, 3.8) is 0 Å². The van der Waals surface area contributed by atoms with Crippen LogP contribution >= 0.6 is 0 Å². The van der Waals surface area contributed by atoms with Crippen LogP contribution in [0.15, 0.2) is 109 Å². The Morgan fingerprint density at radius 3 is 1.13 bits per heavy atom. The summed E-state index contributed by atoms with van der Waals surface area (Å²) in [7, 11) is 3.21. The summed E-state index contributed by atoms with van der Waals surface area (Å²) >= 11 is 0. The fourth-order valence-corrected chi connectivity index (χ4v) is 5.16. The minimum atomic E-state index is -0.757. The lowest BCUT2D eigenvalue weighted by Gasteiger charge is -2.49. The maximum Gasteiger partial charge on any atom is 0.315 e. The summed E-state index contributed by atoms with van der Waals surface area (Å²) in [5.74, 6) is -0.844. The maximum absolute atomic E-state index is 13.7. The van der Waals surface area contributed by atoms with Gasteiger partial charge in [-0.05, 0) is 59.7 Å². The van der Waals surface area contributed by atoms with E-state index in [0.29, 0.717) is 23.0 Å². The van der Waals surface area contributed by atoms with Crippen molar-refractivity contribution in [1.82, 2.24) is 0 Å². The number of hydrogen-bond acceptors (Lipinski definition) is 6. The van der Waals surface area contributed by atoms with E-state index in [-0.39, 0.29) is 11.8 Å². The van der Waals surface area contributed by atoms with E-state index in [1.165, 1.54) is 0 Å². The van der Waals surface area contributed by atoms with Crippen LogP contribution in [0.25, 0.3) is 0 Å². The molecule has 0 amide bonds. The smallest absolute Gasteiger partial charge is 0.315 e. The predicted octanol–water partition coefficient (Wildman–Crippen LogP) is 6.03. The molecule has 1 saturated carbocycles. The molecule has 6 heteroatoms. The monoisotopic (exact) mass is 508 g/mol. The molecule has 1 fully saturated rings. The molecule has 5 rings (SSSR count). The molecule has 0 radical (unpaired) electrons. The molecule has 4 atom stereocenters. The number of rotatable bonds is 8. The minimum Gasteiger partial charge on any atom is -0.497 e. The number of carbonyl (C=O) groups excluding carboxylic acids is 2. The predicted molar refractivity (Wildman–Crippen MR) is 143 cm³/mol. The van der Waals surface area contributed by atoms with Gasteiger partial charge in [0.25, 0.3) is 0 Å². The van der Waals surface area contributed by atoms with Crippen molar-refractivity contribution in [3.05, 3.63) is 120 Å². The summed E-state index contributed by atoms with van der Waals surface area (Å²) in [4.78, 5) is 27.3. The Labute approximate surface area is 221 Å². The molecule has 4 aromatic carbocycles. The van der Waals surface area contributed by atoms with Gasteiger partial charge in [0.15, 0.2) is 0 Å². The van der Waals surface area contributed by atoms with Gasteiger partial charge in [-0.3, -0.25) is 9.59 Å². The van der Waals surface area contributed by atoms with E-state index in [0.717, 1.165) is 11.1 Å². The molecule has 0 saturated heterocycles. The van der Waals surface area contributed by atoms with Crippen LogP contribution in [0.4, 0.5) is 0 Å². The van der Waals surface area contributed by atoms with Crippen molar-refractivity contribution in [2.75, 3.05) is 14.2 Å². The number of benzene rings is 4. The van der Waals surface area contributed by atoms with Gasteiger partial charge in [-0.25, -0.2) is 0 Å². The molecule has 0 aromatic heterocycles. The zero-order chi connectivity index (χ0) is 26.5. The van der Waals surface area contributed by atoms with Crippen LogP contribution < -0.4 is 18.9 Å². The van der Waals surface area contributed by atoms with E-state index in [9.17, 15) is 9.59 Å². The molecule has 0 aliphatic heterocycles. The Morgan fingerprint density at radius 2 is 0.816 bits per heavy atom. The number of methoxy groups -OCH3 is 2. The minimum absolute atomic E-state index is 0.321. The fourth-order valence-electron chi connectivity index (χ4n) is 5.16. The van der Waals surface area contributed by atoms with Crippen LogP contribution in [0.5, 0.6) is 23.0 Å². The van der Waals surface area contributed by atoms with E-state index < -0.39 is 23.8 Å². The third-order valence-corrected chi connectivity index (χ3v) is 7.02. The maximum atomic E-state index is 13.7. The van der Waals surface area contributed by atoms with Crippen molar-refractivity contribution in [3.8, 4) is 23.0 Å². The summed E-state index contributed by atoms with van der Waals surface area (Å²) < 4.78 is 22.2. The summed E-state index contributed by atoms with van der Waals surface area (Å²) in [5, 5.41) is 0. The van der Waals surface area contributed by atoms with Gasteiger partial charge in [-0.1, -0.05) is 60.7 Å². The second-order valence-electron chi connectivity index (χ2n) is 9.12. The highest BCUT2D eigenvalue weighted by molar-refractivity contribution is 5.89. The lowest BCUT2D eigenvalue weighted by molar-refractivity contribution is -0.161. The average molecular weight is 509 g/mol. The van der Waals surface area contributed by atoms with Crippen molar-refractivity contribution in [2.45, 2.75) is 11.8 Å². The molecule has 1 aliphatic carbocycles. The first-order valence-corrected chi connectivity index (χ1v) is 12.4. The van der Waals surface area contributed by atoms with E-state index in [1.54, 1.807) is 62.8 Å². The van der Waals surface area contributed by atoms with Gasteiger partial charge < -0.3 is 18.9 Å². The SMILES string of the molecule is COc1ccc([C@@H]2[C@@H](C(=O)Oc3ccccc3)[C@H](C(=O)Oc3ccccc3)[C@H]2c2ccc(OC)cc2)cc1. The summed E-state index contributed by atoms with van der Waals surface area (Å²) in [5.41, 5.74) is 1.82. The molecule has 0 unspecified atom stereocenters. The molecule has 0 bridgehead atoms. The van der Waals surface area contributed by atoms with Crippen molar-refractivity contribution >= 4 is 11.9 Å². The van der Waals surface area contributed by atoms with Gasteiger partial charge in [0.1, 0.15) is 23.0 Å². The first-order chi connectivity index (χ1) is 18.6. The Kier molecular flexibility index (Phi) is 7.40. The third-order valence-electron chi connectivity index (χ3n) is 7.02. The molecular formula is C32H28O6. The molecule has 38 heavy (non-hydrogen) atoms. The Morgan fingerprint density at radius 1 is 0.474 bits per heavy atom. The van der Waals surface area contributed by atoms with E-state index >= 15 is 0 Å². The highest BCUT2D eigenvalue weighted by atomic mass is 16.5. The van der Waals surface area contributed by atoms with Crippen LogP contribution in [0.2, 0.25) is 0 Å². The summed E-state index contributed by atoms with van der Waals surface area (Å²) in [6, 6.07) is 32.9. The lowest BCUT2D eigenvalue weighted by atomic mass is 9.52. The second kappa shape index (κ2) is 11.2. The molecule has 1 aliphatic rings. The number of carbonyl (C=O) groups is 2. The Bertz CT molecular complexity index is 1260. The molecule has 0 heterocycles. The highest BCUT2D eigenvalue weighted by Crippen LogP contribution is 2.59. The summed E-state index contributed by atoms with van der Waals surface area (Å²) in [6.45, 7) is 0. The molecule has 0 N–H and O–H groups in total. The van der Waals surface area contributed by atoms with Crippen LogP contribution in [0.1, 0.15) is 23.0 Å². The zero-order valence-corrected chi connectivity index (χ0v) is 21.2. The van der Waals surface area contributed by atoms with Crippen LogP contribution in [0, 0.1) is 11.8 Å². The Balaban J connectivity index is 1.55. The standard InChI is InChI=1S/C32H28O6/c1-35-23-17-13-21(14-18-23)27-28(22-15-19-24(36-2)20-16-22)30(32(34)38-26-11-7-4-8-12-26)29(27)31(33)37-25-9-5-3-6-10-25/h3-20,27-30H,1-2H3/t27-,28-,29+,30+/m0/s1. The van der Waals surface area contributed by atoms with Crippen molar-refractivity contribution in [2.24, 2.45) is 11.8 Å². The van der Waals surface area contributed by atoms with Gasteiger partial charge >= 0.3 is 11.9 Å². The molecule has 6 nitrogen and oxygen atoms in total. The zero-order valence-electron chi connectivity index (χ0n) is 21.2. The van der Waals surface area contributed by atoms with E-state index in [2.05, 4.69) is 0 Å². The van der Waals surface area contributed by atoms with Gasteiger partial charge in [-0.2, -0.15) is 0 Å². The topological polar surface area (TPSA) is 71.1 Å². The number of para-hydroxylation sites is 2. The number of hydrogen-bond donors (Lipinski definition) is 0. The average Bonchev–Trinajstić information content (AvgIpc) is 2.94.